The van der Waals surface area contributed by atoms with E-state index in [1.807, 2.05) is 12.2 Å². The predicted molar refractivity (Wildman–Crippen MR) is 137 cm³/mol. The van der Waals surface area contributed by atoms with Gasteiger partial charge in [-0.15, -0.1) is 54.4 Å². The molecule has 0 heterocycles. The smallest absolute Gasteiger partial charge is 0.123 e. The van der Waals surface area contributed by atoms with E-state index in [-0.39, 0.29) is 85.9 Å². The van der Waals surface area contributed by atoms with Gasteiger partial charge in [0.1, 0.15) is 5.75 Å². The van der Waals surface area contributed by atoms with Crippen LogP contribution in [-0.2, 0) is 38.0 Å². The Morgan fingerprint density at radius 3 is 1.37 bits per heavy atom. The van der Waals surface area contributed by atoms with Crippen molar-refractivity contribution in [3.63, 3.8) is 0 Å². The third kappa shape index (κ3) is 10.3. The average Bonchev–Trinajstić information content (AvgIpc) is 2.93. The number of phenolic OH excluding ortho intramolecular Hbond substituents is 1. The molecule has 0 saturated heterocycles. The zero-order chi connectivity index (χ0) is 18.8. The third-order valence-corrected chi connectivity index (χ3v) is 4.18. The molecule has 0 spiro atoms. The summed E-state index contributed by atoms with van der Waals surface area (Å²) in [6.45, 7) is 19.6. The number of benzene rings is 1. The number of allylic oxidation sites excluding steroid dienone is 4. The molecule has 1 nitrogen and oxygen atoms in total. The molecule has 4 heteroatoms. The van der Waals surface area contributed by atoms with E-state index in [4.69, 9.17) is 0 Å². The van der Waals surface area contributed by atoms with Gasteiger partial charge >= 0.3 is 0 Å². The maximum atomic E-state index is 10.7. The standard InChI is InChI=1S/C18H30O.C5H5.2HI.Ti/c1-16(2,3)12-10-13(17(4,5)6)15(19)14(11-12)18(7,8)9;1-2-4-5-3-1;;;/h10-11,19H,1-9H3;1-3H,4H2;2*1H;/q;-1;;;. The second-order valence-electron chi connectivity index (χ2n) is 9.67. The van der Waals surface area contributed by atoms with Crippen LogP contribution in [0.5, 0.6) is 5.75 Å². The monoisotopic (exact) mass is 631 g/mol. The second kappa shape index (κ2) is 12.4. The Morgan fingerprint density at radius 2 is 1.19 bits per heavy atom. The van der Waals surface area contributed by atoms with Gasteiger partial charge in [0, 0.05) is 21.7 Å². The number of halogens is 2. The van der Waals surface area contributed by atoms with Crippen molar-refractivity contribution in [2.75, 3.05) is 0 Å². The fraction of sp³-hybridized carbons (Fsp3) is 0.565. The first-order valence-corrected chi connectivity index (χ1v) is 8.85. The van der Waals surface area contributed by atoms with Crippen molar-refractivity contribution < 1.29 is 26.8 Å². The summed E-state index contributed by atoms with van der Waals surface area (Å²) in [7, 11) is 0. The molecule has 0 radical (unpaired) electrons. The van der Waals surface area contributed by atoms with Gasteiger partial charge in [0.2, 0.25) is 0 Å². The number of hydrogen-bond donors (Lipinski definition) is 1. The summed E-state index contributed by atoms with van der Waals surface area (Å²) in [5.41, 5.74) is 3.37. The Hall–Kier alpha value is 0.674. The van der Waals surface area contributed by atoms with Gasteiger partial charge in [0.25, 0.3) is 0 Å². The van der Waals surface area contributed by atoms with E-state index >= 15 is 0 Å². The van der Waals surface area contributed by atoms with E-state index < -0.39 is 0 Å². The topological polar surface area (TPSA) is 20.2 Å². The molecular formula is C23H37I2OTi-. The van der Waals surface area contributed by atoms with Gasteiger partial charge in [-0.05, 0) is 32.9 Å². The zero-order valence-corrected chi connectivity index (χ0v) is 24.6. The van der Waals surface area contributed by atoms with Crippen LogP contribution in [0.3, 0.4) is 0 Å². The maximum Gasteiger partial charge on any atom is 0.123 e. The molecule has 1 aromatic carbocycles. The average molecular weight is 631 g/mol. The molecule has 0 aliphatic heterocycles. The van der Waals surface area contributed by atoms with Crippen LogP contribution in [0.4, 0.5) is 0 Å². The molecule has 0 aromatic heterocycles. The zero-order valence-electron chi connectivity index (χ0n) is 18.4. The fourth-order valence-corrected chi connectivity index (χ4v) is 2.55. The van der Waals surface area contributed by atoms with Gasteiger partial charge in [0.15, 0.2) is 0 Å². The van der Waals surface area contributed by atoms with Crippen LogP contribution in [0, 0.1) is 6.08 Å². The van der Waals surface area contributed by atoms with Crippen LogP contribution < -0.4 is 0 Å². The van der Waals surface area contributed by atoms with Gasteiger partial charge in [-0.1, -0.05) is 74.4 Å². The Morgan fingerprint density at radius 1 is 0.778 bits per heavy atom. The summed E-state index contributed by atoms with van der Waals surface area (Å²) in [6.07, 6.45) is 10.0. The van der Waals surface area contributed by atoms with Crippen molar-refractivity contribution in [2.24, 2.45) is 0 Å². The van der Waals surface area contributed by atoms with E-state index in [9.17, 15) is 5.11 Å². The molecule has 1 aliphatic rings. The van der Waals surface area contributed by atoms with Crippen LogP contribution in [0.25, 0.3) is 0 Å². The number of rotatable bonds is 0. The molecular weight excluding hydrogens is 594 g/mol. The molecule has 0 unspecified atom stereocenters. The van der Waals surface area contributed by atoms with Crippen LogP contribution in [-0.4, -0.2) is 5.11 Å². The Labute approximate surface area is 216 Å². The van der Waals surface area contributed by atoms with Crippen molar-refractivity contribution in [1.82, 2.24) is 0 Å². The molecule has 0 atom stereocenters. The molecule has 0 amide bonds. The normalized spacial score (nSPS) is 12.9. The summed E-state index contributed by atoms with van der Waals surface area (Å²) >= 11 is 0. The molecule has 0 fully saturated rings. The van der Waals surface area contributed by atoms with E-state index in [1.54, 1.807) is 0 Å². The molecule has 1 aromatic rings. The summed E-state index contributed by atoms with van der Waals surface area (Å²) in [6, 6.07) is 4.34. The molecule has 1 aliphatic carbocycles. The van der Waals surface area contributed by atoms with Crippen LogP contribution >= 0.6 is 48.0 Å². The summed E-state index contributed by atoms with van der Waals surface area (Å²) in [5.74, 6) is 0.466. The van der Waals surface area contributed by atoms with Crippen molar-refractivity contribution in [2.45, 2.75) is 85.0 Å². The minimum atomic E-state index is -0.0503. The van der Waals surface area contributed by atoms with Gasteiger partial charge in [-0.25, -0.2) is 12.2 Å². The molecule has 154 valence electrons. The molecule has 0 saturated carbocycles. The first kappa shape index (κ1) is 32.3. The second-order valence-corrected chi connectivity index (χ2v) is 9.67. The summed E-state index contributed by atoms with van der Waals surface area (Å²) in [5, 5.41) is 10.7. The Kier molecular flexibility index (Phi) is 14.8. The number of phenols is 1. The van der Waals surface area contributed by atoms with Crippen molar-refractivity contribution in [1.29, 1.82) is 0 Å². The summed E-state index contributed by atoms with van der Waals surface area (Å²) < 4.78 is 0. The van der Waals surface area contributed by atoms with Crippen molar-refractivity contribution in [3.05, 3.63) is 53.1 Å². The number of aromatic hydroxyl groups is 1. The Bertz CT molecular complexity index is 582. The largest absolute Gasteiger partial charge is 0.507 e. The third-order valence-electron chi connectivity index (χ3n) is 4.18. The molecule has 2 rings (SSSR count). The van der Waals surface area contributed by atoms with E-state index in [2.05, 4.69) is 86.6 Å². The molecule has 0 bridgehead atoms. The first-order chi connectivity index (χ1) is 10.7. The quantitative estimate of drug-likeness (QED) is 0.176. The van der Waals surface area contributed by atoms with Crippen molar-refractivity contribution in [3.8, 4) is 5.75 Å². The van der Waals surface area contributed by atoms with E-state index in [1.165, 1.54) is 5.56 Å². The predicted octanol–water partition coefficient (Wildman–Crippen LogP) is 7.82. The van der Waals surface area contributed by atoms with Gasteiger partial charge in [-0.2, -0.15) is 6.08 Å². The minimum Gasteiger partial charge on any atom is -0.507 e. The molecule has 1 N–H and O–H groups in total. The van der Waals surface area contributed by atoms with Gasteiger partial charge < -0.3 is 5.11 Å². The number of hydrogen-bond acceptors (Lipinski definition) is 1. The summed E-state index contributed by atoms with van der Waals surface area (Å²) in [4.78, 5) is 0. The van der Waals surface area contributed by atoms with Crippen molar-refractivity contribution >= 4 is 48.0 Å². The maximum absolute atomic E-state index is 10.7. The van der Waals surface area contributed by atoms with Crippen LogP contribution in [0.15, 0.2) is 30.4 Å². The van der Waals surface area contributed by atoms with Crippen LogP contribution in [0.2, 0.25) is 0 Å². The SMILES string of the molecule is CC(C)(C)c1cc(C(C)(C)C)c(O)c(C(C)(C)C)c1.I.I.[C-]1=CC=CC1.[Ti]. The molecule has 27 heavy (non-hydrogen) atoms. The van der Waals surface area contributed by atoms with Crippen LogP contribution in [0.1, 0.15) is 85.4 Å². The Balaban J connectivity index is -0.000000625. The van der Waals surface area contributed by atoms with E-state index in [0.717, 1.165) is 17.5 Å². The minimum absolute atomic E-state index is 0. The first-order valence-electron chi connectivity index (χ1n) is 8.85. The fourth-order valence-electron chi connectivity index (χ4n) is 2.55. The van der Waals surface area contributed by atoms with Gasteiger partial charge in [0.05, 0.1) is 0 Å². The van der Waals surface area contributed by atoms with Gasteiger partial charge in [-0.3, -0.25) is 6.08 Å². The van der Waals surface area contributed by atoms with E-state index in [0.29, 0.717) is 5.75 Å².